The summed E-state index contributed by atoms with van der Waals surface area (Å²) in [5.74, 6) is 2.71. The minimum Gasteiger partial charge on any atom is -0.350 e. The van der Waals surface area contributed by atoms with Crippen molar-refractivity contribution in [1.82, 2.24) is 19.7 Å². The molecule has 2 aliphatic heterocycles. The second kappa shape index (κ2) is 7.84. The first-order valence-electron chi connectivity index (χ1n) is 11.1. The number of fused-ring (bicyclic) bond motifs is 2. The first-order valence-corrected chi connectivity index (χ1v) is 11.1. The second-order valence-corrected chi connectivity index (χ2v) is 8.91. The molecule has 1 unspecified atom stereocenters. The topological polar surface area (TPSA) is 51.3 Å². The Labute approximate surface area is 178 Å². The van der Waals surface area contributed by atoms with Crippen molar-refractivity contribution >= 4 is 5.82 Å². The minimum atomic E-state index is 0.658. The Morgan fingerprint density at radius 3 is 2.47 bits per heavy atom. The molecule has 3 aromatic rings. The van der Waals surface area contributed by atoms with Crippen molar-refractivity contribution in [2.45, 2.75) is 58.7 Å². The fraction of sp³-hybridized carbons (Fsp3) is 0.458. The predicted octanol–water partition coefficient (Wildman–Crippen LogP) is 2.41. The highest BCUT2D eigenvalue weighted by Crippen LogP contribution is 2.23. The van der Waals surface area contributed by atoms with Crippen LogP contribution in [-0.2, 0) is 6.54 Å². The van der Waals surface area contributed by atoms with Crippen molar-refractivity contribution in [3.63, 3.8) is 0 Å². The van der Waals surface area contributed by atoms with Crippen LogP contribution in [-0.4, -0.2) is 44.9 Å². The lowest BCUT2D eigenvalue weighted by Gasteiger charge is -2.27. The number of nitrogens with one attached hydrogen (secondary N) is 1. The quantitative estimate of drug-likeness (QED) is 0.727. The van der Waals surface area contributed by atoms with Crippen LogP contribution >= 0.6 is 0 Å². The molecule has 2 aliphatic rings. The van der Waals surface area contributed by atoms with E-state index in [4.69, 9.17) is 4.98 Å². The molecule has 0 amide bonds. The molecule has 2 aromatic heterocycles. The lowest BCUT2D eigenvalue weighted by Crippen LogP contribution is -3.16. The van der Waals surface area contributed by atoms with E-state index >= 15 is 0 Å². The van der Waals surface area contributed by atoms with Gasteiger partial charge in [0.1, 0.15) is 24.2 Å². The van der Waals surface area contributed by atoms with E-state index in [0.29, 0.717) is 6.04 Å². The van der Waals surface area contributed by atoms with Gasteiger partial charge in [-0.3, -0.25) is 0 Å². The van der Waals surface area contributed by atoms with Crippen LogP contribution < -0.4 is 9.80 Å². The van der Waals surface area contributed by atoms with Crippen molar-refractivity contribution in [3.05, 3.63) is 65.2 Å². The molecule has 2 fully saturated rings. The van der Waals surface area contributed by atoms with Gasteiger partial charge in [-0.05, 0) is 26.8 Å². The number of benzene rings is 1. The molecule has 156 valence electrons. The number of nitrogens with zero attached hydrogens (tertiary/aromatic N) is 5. The fourth-order valence-corrected chi connectivity index (χ4v) is 5.31. The van der Waals surface area contributed by atoms with Gasteiger partial charge >= 0.3 is 0 Å². The molecule has 6 heteroatoms. The summed E-state index contributed by atoms with van der Waals surface area (Å²) in [5.41, 5.74) is 3.56. The third-order valence-corrected chi connectivity index (χ3v) is 6.71. The summed E-state index contributed by atoms with van der Waals surface area (Å²) >= 11 is 0. The summed E-state index contributed by atoms with van der Waals surface area (Å²) in [6, 6.07) is 16.6. The van der Waals surface area contributed by atoms with Crippen molar-refractivity contribution < 1.29 is 4.90 Å². The zero-order valence-electron chi connectivity index (χ0n) is 18.2. The maximum Gasteiger partial charge on any atom is 0.159 e. The third kappa shape index (κ3) is 3.72. The zero-order valence-corrected chi connectivity index (χ0v) is 18.2. The average Bonchev–Trinajstić information content (AvgIpc) is 3.19. The van der Waals surface area contributed by atoms with Gasteiger partial charge in [0, 0.05) is 43.1 Å². The third-order valence-electron chi connectivity index (χ3n) is 6.71. The highest BCUT2D eigenvalue weighted by Gasteiger charge is 2.41. The molecule has 6 nitrogen and oxygen atoms in total. The van der Waals surface area contributed by atoms with Crippen molar-refractivity contribution in [1.29, 1.82) is 0 Å². The molecular weight excluding hydrogens is 372 g/mol. The lowest BCUT2D eigenvalue weighted by molar-refractivity contribution is -0.946. The molecule has 2 saturated heterocycles. The van der Waals surface area contributed by atoms with Crippen LogP contribution in [0.3, 0.4) is 0 Å². The standard InChI is InChI=1S/C24H30N6/c1-17-13-18(2)30(27-17)24-14-23(25-19(3)26-24)28-12-11-21-9-10-22(16-28)29(21)15-20-7-5-4-6-8-20/h4-8,13-14,21-22H,9-12,15-16H2,1-3H3/p+1/t21-,22+/m0/s1. The summed E-state index contributed by atoms with van der Waals surface area (Å²) in [6.45, 7) is 9.33. The van der Waals surface area contributed by atoms with Gasteiger partial charge in [0.15, 0.2) is 5.82 Å². The van der Waals surface area contributed by atoms with E-state index in [9.17, 15) is 0 Å². The van der Waals surface area contributed by atoms with Gasteiger partial charge in [-0.1, -0.05) is 30.3 Å². The molecule has 3 atom stereocenters. The Balaban J connectivity index is 1.40. The van der Waals surface area contributed by atoms with Crippen LogP contribution in [0, 0.1) is 20.8 Å². The number of rotatable bonds is 4. The van der Waals surface area contributed by atoms with Crippen LogP contribution in [0.1, 0.15) is 42.0 Å². The number of quaternary nitrogens is 1. The number of aryl methyl sites for hydroxylation is 3. The Kier molecular flexibility index (Phi) is 5.03. The average molecular weight is 404 g/mol. The van der Waals surface area contributed by atoms with Crippen molar-refractivity contribution in [3.8, 4) is 5.82 Å². The van der Waals surface area contributed by atoms with Crippen LogP contribution in [0.4, 0.5) is 5.82 Å². The molecule has 30 heavy (non-hydrogen) atoms. The molecule has 0 spiro atoms. The van der Waals surface area contributed by atoms with Crippen molar-refractivity contribution in [2.24, 2.45) is 0 Å². The smallest absolute Gasteiger partial charge is 0.159 e. The van der Waals surface area contributed by atoms with Gasteiger partial charge in [-0.2, -0.15) is 5.10 Å². The number of aromatic nitrogens is 4. The van der Waals surface area contributed by atoms with E-state index in [1.54, 1.807) is 4.90 Å². The second-order valence-electron chi connectivity index (χ2n) is 8.91. The first kappa shape index (κ1) is 19.2. The lowest BCUT2D eigenvalue weighted by atomic mass is 10.1. The van der Waals surface area contributed by atoms with Gasteiger partial charge in [0.05, 0.1) is 18.3 Å². The fourth-order valence-electron chi connectivity index (χ4n) is 5.31. The van der Waals surface area contributed by atoms with Crippen LogP contribution in [0.15, 0.2) is 42.5 Å². The van der Waals surface area contributed by atoms with E-state index in [2.05, 4.69) is 64.4 Å². The minimum absolute atomic E-state index is 0.658. The number of anilines is 1. The SMILES string of the molecule is Cc1cc(C)n(-c2cc(N3CC[C@@H]4CC[C@H](C3)[NH+]4Cc3ccccc3)nc(C)n2)n1. The van der Waals surface area contributed by atoms with Crippen LogP contribution in [0.5, 0.6) is 0 Å². The maximum absolute atomic E-state index is 4.82. The van der Waals surface area contributed by atoms with Gasteiger partial charge in [0.2, 0.25) is 0 Å². The van der Waals surface area contributed by atoms with E-state index in [1.165, 1.54) is 24.8 Å². The van der Waals surface area contributed by atoms with E-state index in [-0.39, 0.29) is 0 Å². The first-order chi connectivity index (χ1) is 14.6. The molecule has 4 heterocycles. The summed E-state index contributed by atoms with van der Waals surface area (Å²) in [4.78, 5) is 13.7. The summed E-state index contributed by atoms with van der Waals surface area (Å²) in [5, 5.41) is 4.63. The molecule has 1 N–H and O–H groups in total. The summed E-state index contributed by atoms with van der Waals surface area (Å²) in [6.07, 6.45) is 3.87. The molecule has 0 aliphatic carbocycles. The van der Waals surface area contributed by atoms with Crippen LogP contribution in [0.25, 0.3) is 5.82 Å². The van der Waals surface area contributed by atoms with E-state index in [1.807, 2.05) is 18.5 Å². The maximum atomic E-state index is 4.82. The number of hydrogen-bond acceptors (Lipinski definition) is 4. The summed E-state index contributed by atoms with van der Waals surface area (Å²) in [7, 11) is 0. The largest absolute Gasteiger partial charge is 0.350 e. The summed E-state index contributed by atoms with van der Waals surface area (Å²) < 4.78 is 1.93. The Bertz CT molecular complexity index is 1030. The number of hydrogen-bond donors (Lipinski definition) is 1. The van der Waals surface area contributed by atoms with Gasteiger partial charge < -0.3 is 9.80 Å². The molecule has 0 saturated carbocycles. The van der Waals surface area contributed by atoms with E-state index in [0.717, 1.165) is 54.5 Å². The van der Waals surface area contributed by atoms with Gasteiger partial charge in [-0.25, -0.2) is 14.6 Å². The molecule has 0 radical (unpaired) electrons. The molecule has 1 aromatic carbocycles. The van der Waals surface area contributed by atoms with E-state index < -0.39 is 0 Å². The highest BCUT2D eigenvalue weighted by atomic mass is 15.3. The predicted molar refractivity (Wildman–Crippen MR) is 118 cm³/mol. The Hall–Kier alpha value is -2.73. The normalized spacial score (nSPS) is 23.6. The zero-order chi connectivity index (χ0) is 20.7. The molecule has 5 rings (SSSR count). The van der Waals surface area contributed by atoms with Crippen LogP contribution in [0.2, 0.25) is 0 Å². The Morgan fingerprint density at radius 2 is 1.70 bits per heavy atom. The monoisotopic (exact) mass is 403 g/mol. The highest BCUT2D eigenvalue weighted by molar-refractivity contribution is 5.45. The Morgan fingerprint density at radius 1 is 0.933 bits per heavy atom. The van der Waals surface area contributed by atoms with Gasteiger partial charge in [0.25, 0.3) is 0 Å². The molecular formula is C24H31N6+. The van der Waals surface area contributed by atoms with Gasteiger partial charge in [-0.15, -0.1) is 0 Å². The van der Waals surface area contributed by atoms with Crippen molar-refractivity contribution in [2.75, 3.05) is 18.0 Å². The molecule has 2 bridgehead atoms.